The first kappa shape index (κ1) is 15.2. The number of ether oxygens (including phenoxy) is 1. The van der Waals surface area contributed by atoms with Gasteiger partial charge in [0.25, 0.3) is 0 Å². The van der Waals surface area contributed by atoms with Crippen LogP contribution in [0.1, 0.15) is 5.56 Å². The van der Waals surface area contributed by atoms with Crippen molar-refractivity contribution in [1.29, 1.82) is 0 Å². The van der Waals surface area contributed by atoms with Gasteiger partial charge in [-0.2, -0.15) is 0 Å². The lowest BCUT2D eigenvalue weighted by molar-refractivity contribution is 0.306. The van der Waals surface area contributed by atoms with Crippen molar-refractivity contribution in [2.75, 3.05) is 5.73 Å². The van der Waals surface area contributed by atoms with Crippen molar-refractivity contribution < 1.29 is 4.74 Å². The lowest BCUT2D eigenvalue weighted by atomic mass is 10.2. The van der Waals surface area contributed by atoms with E-state index in [0.29, 0.717) is 21.8 Å². The molecular weight excluding hydrogens is 339 g/mol. The summed E-state index contributed by atoms with van der Waals surface area (Å²) >= 11 is 13.3. The number of anilines is 1. The Balaban J connectivity index is 1.67. The number of nitrogens with zero attached hydrogens (tertiary/aromatic N) is 1. The Morgan fingerprint density at radius 3 is 2.45 bits per heavy atom. The van der Waals surface area contributed by atoms with E-state index >= 15 is 0 Å². The fourth-order valence-corrected chi connectivity index (χ4v) is 2.83. The Bertz CT molecular complexity index is 787. The van der Waals surface area contributed by atoms with Gasteiger partial charge in [-0.05, 0) is 42.0 Å². The highest BCUT2D eigenvalue weighted by atomic mass is 35.5. The van der Waals surface area contributed by atoms with Gasteiger partial charge in [0.15, 0.2) is 5.13 Å². The summed E-state index contributed by atoms with van der Waals surface area (Å²) in [5, 5.41) is 3.56. The molecule has 0 fully saturated rings. The third-order valence-electron chi connectivity index (χ3n) is 3.06. The summed E-state index contributed by atoms with van der Waals surface area (Å²) in [5.74, 6) is 0.776. The zero-order chi connectivity index (χ0) is 15.5. The molecule has 3 nitrogen and oxygen atoms in total. The largest absolute Gasteiger partial charge is 0.489 e. The van der Waals surface area contributed by atoms with E-state index in [9.17, 15) is 0 Å². The van der Waals surface area contributed by atoms with Crippen LogP contribution in [0.4, 0.5) is 5.13 Å². The van der Waals surface area contributed by atoms with Gasteiger partial charge >= 0.3 is 0 Å². The van der Waals surface area contributed by atoms with Crippen molar-refractivity contribution in [3.8, 4) is 17.0 Å². The molecule has 22 heavy (non-hydrogen) atoms. The molecule has 3 aromatic rings. The maximum atomic E-state index is 5.98. The van der Waals surface area contributed by atoms with Gasteiger partial charge in [-0.15, -0.1) is 11.3 Å². The topological polar surface area (TPSA) is 48.1 Å². The number of nitrogen functional groups attached to an aromatic ring is 1. The predicted molar refractivity (Wildman–Crippen MR) is 92.8 cm³/mol. The number of nitrogens with two attached hydrogens (primary N) is 1. The Hall–Kier alpha value is -1.75. The van der Waals surface area contributed by atoms with Crippen molar-refractivity contribution >= 4 is 39.7 Å². The third kappa shape index (κ3) is 3.53. The van der Waals surface area contributed by atoms with Crippen LogP contribution in [-0.4, -0.2) is 4.98 Å². The molecular formula is C16H12Cl2N2OS. The first-order valence-electron chi connectivity index (χ1n) is 6.50. The van der Waals surface area contributed by atoms with Crippen molar-refractivity contribution in [1.82, 2.24) is 4.98 Å². The van der Waals surface area contributed by atoms with Gasteiger partial charge in [0, 0.05) is 10.9 Å². The summed E-state index contributed by atoms with van der Waals surface area (Å²) < 4.78 is 5.74. The maximum absolute atomic E-state index is 5.98. The smallest absolute Gasteiger partial charge is 0.180 e. The molecule has 0 spiro atoms. The number of thiazole rings is 1. The SMILES string of the molecule is Nc1nc(-c2ccc(OCc3ccc(Cl)c(Cl)c3)cc2)cs1. The van der Waals surface area contributed by atoms with Crippen LogP contribution in [0.25, 0.3) is 11.3 Å². The average molecular weight is 351 g/mol. The zero-order valence-electron chi connectivity index (χ0n) is 11.4. The van der Waals surface area contributed by atoms with Gasteiger partial charge in [-0.25, -0.2) is 4.98 Å². The minimum atomic E-state index is 0.430. The first-order valence-corrected chi connectivity index (χ1v) is 8.13. The van der Waals surface area contributed by atoms with Crippen molar-refractivity contribution in [3.05, 3.63) is 63.5 Å². The van der Waals surface area contributed by atoms with E-state index in [0.717, 1.165) is 22.6 Å². The molecule has 2 aromatic carbocycles. The number of rotatable bonds is 4. The van der Waals surface area contributed by atoms with Crippen molar-refractivity contribution in [2.24, 2.45) is 0 Å². The summed E-state index contributed by atoms with van der Waals surface area (Å²) in [4.78, 5) is 4.25. The predicted octanol–water partition coefficient (Wildman–Crippen LogP) is 5.28. The van der Waals surface area contributed by atoms with Crippen LogP contribution in [0.15, 0.2) is 47.8 Å². The van der Waals surface area contributed by atoms with Gasteiger partial charge in [0.2, 0.25) is 0 Å². The lowest BCUT2D eigenvalue weighted by Gasteiger charge is -2.07. The minimum absolute atomic E-state index is 0.430. The molecule has 0 bridgehead atoms. The summed E-state index contributed by atoms with van der Waals surface area (Å²) in [5.41, 5.74) is 8.49. The fraction of sp³-hybridized carbons (Fsp3) is 0.0625. The van der Waals surface area contributed by atoms with E-state index in [1.807, 2.05) is 35.7 Å². The summed E-state index contributed by atoms with van der Waals surface area (Å²) in [6, 6.07) is 13.2. The van der Waals surface area contributed by atoms with E-state index in [1.165, 1.54) is 11.3 Å². The zero-order valence-corrected chi connectivity index (χ0v) is 13.8. The molecule has 0 saturated carbocycles. The normalized spacial score (nSPS) is 10.6. The van der Waals surface area contributed by atoms with Gasteiger partial charge in [0.05, 0.1) is 15.7 Å². The van der Waals surface area contributed by atoms with E-state index in [1.54, 1.807) is 12.1 Å². The molecule has 1 heterocycles. The molecule has 0 aliphatic heterocycles. The average Bonchev–Trinajstić information content (AvgIpc) is 2.95. The highest BCUT2D eigenvalue weighted by molar-refractivity contribution is 7.13. The Kier molecular flexibility index (Phi) is 4.52. The summed E-state index contributed by atoms with van der Waals surface area (Å²) in [7, 11) is 0. The van der Waals surface area contributed by atoms with E-state index in [2.05, 4.69) is 4.98 Å². The third-order valence-corrected chi connectivity index (χ3v) is 4.47. The van der Waals surface area contributed by atoms with Crippen LogP contribution < -0.4 is 10.5 Å². The van der Waals surface area contributed by atoms with Crippen molar-refractivity contribution in [3.63, 3.8) is 0 Å². The lowest BCUT2D eigenvalue weighted by Crippen LogP contribution is -1.95. The fourth-order valence-electron chi connectivity index (χ4n) is 1.94. The highest BCUT2D eigenvalue weighted by Gasteiger charge is 2.04. The molecule has 0 atom stereocenters. The van der Waals surface area contributed by atoms with E-state index < -0.39 is 0 Å². The minimum Gasteiger partial charge on any atom is -0.489 e. The number of aromatic nitrogens is 1. The van der Waals surface area contributed by atoms with Gasteiger partial charge in [-0.1, -0.05) is 29.3 Å². The monoisotopic (exact) mass is 350 g/mol. The Morgan fingerprint density at radius 1 is 1.05 bits per heavy atom. The van der Waals surface area contributed by atoms with Gasteiger partial charge in [0.1, 0.15) is 12.4 Å². The molecule has 1 aromatic heterocycles. The Morgan fingerprint density at radius 2 is 1.82 bits per heavy atom. The Labute approximate surface area is 142 Å². The number of hydrogen-bond donors (Lipinski definition) is 1. The van der Waals surface area contributed by atoms with Crippen LogP contribution in [-0.2, 0) is 6.61 Å². The van der Waals surface area contributed by atoms with Gasteiger partial charge in [-0.3, -0.25) is 0 Å². The number of benzene rings is 2. The summed E-state index contributed by atoms with van der Waals surface area (Å²) in [6.45, 7) is 0.430. The van der Waals surface area contributed by atoms with Crippen LogP contribution in [0.5, 0.6) is 5.75 Å². The van der Waals surface area contributed by atoms with Crippen LogP contribution >= 0.6 is 34.5 Å². The summed E-state index contributed by atoms with van der Waals surface area (Å²) in [6.07, 6.45) is 0. The molecule has 3 rings (SSSR count). The number of hydrogen-bond acceptors (Lipinski definition) is 4. The van der Waals surface area contributed by atoms with E-state index in [4.69, 9.17) is 33.7 Å². The second kappa shape index (κ2) is 6.57. The molecule has 0 unspecified atom stereocenters. The molecule has 2 N–H and O–H groups in total. The quantitative estimate of drug-likeness (QED) is 0.696. The standard InChI is InChI=1S/C16H12Cl2N2OS/c17-13-6-1-10(7-14(13)18)8-21-12-4-2-11(3-5-12)15-9-22-16(19)20-15/h1-7,9H,8H2,(H2,19,20). The van der Waals surface area contributed by atoms with Gasteiger partial charge < -0.3 is 10.5 Å². The second-order valence-corrected chi connectivity index (χ2v) is 6.34. The molecule has 0 radical (unpaired) electrons. The molecule has 0 amide bonds. The molecule has 0 aliphatic carbocycles. The van der Waals surface area contributed by atoms with E-state index in [-0.39, 0.29) is 0 Å². The second-order valence-electron chi connectivity index (χ2n) is 4.63. The van der Waals surface area contributed by atoms with Crippen molar-refractivity contribution in [2.45, 2.75) is 6.61 Å². The molecule has 0 saturated heterocycles. The molecule has 6 heteroatoms. The van der Waals surface area contributed by atoms with Crippen LogP contribution in [0.3, 0.4) is 0 Å². The molecule has 0 aliphatic rings. The van der Waals surface area contributed by atoms with Crippen LogP contribution in [0, 0.1) is 0 Å². The van der Waals surface area contributed by atoms with Crippen LogP contribution in [0.2, 0.25) is 10.0 Å². The number of halogens is 2. The molecule has 112 valence electrons. The highest BCUT2D eigenvalue weighted by Crippen LogP contribution is 2.26. The first-order chi connectivity index (χ1) is 10.6. The maximum Gasteiger partial charge on any atom is 0.180 e.